The van der Waals surface area contributed by atoms with Gasteiger partial charge in [-0.3, -0.25) is 0 Å². The van der Waals surface area contributed by atoms with Gasteiger partial charge in [-0.1, -0.05) is 156 Å². The molecule has 1 aliphatic carbocycles. The molecular weight excluding hydrogens is 878 g/mol. The maximum Gasteiger partial charge on any atom is 0.247 e. The number of benzene rings is 8. The van der Waals surface area contributed by atoms with E-state index in [9.17, 15) is 0 Å². The van der Waals surface area contributed by atoms with Crippen LogP contribution in [0.15, 0.2) is 217 Å². The van der Waals surface area contributed by atoms with Gasteiger partial charge in [-0.2, -0.15) is 0 Å². The summed E-state index contributed by atoms with van der Waals surface area (Å²) < 4.78 is 12.9. The van der Waals surface area contributed by atoms with Crippen LogP contribution in [0.25, 0.3) is 0 Å². The highest BCUT2D eigenvalue weighted by molar-refractivity contribution is 6.95. The van der Waals surface area contributed by atoms with Gasteiger partial charge in [0.25, 0.3) is 0 Å². The zero-order valence-electron chi connectivity index (χ0n) is 42.9. The third-order valence-electron chi connectivity index (χ3n) is 14.7. The van der Waals surface area contributed by atoms with Crippen molar-refractivity contribution < 1.29 is 9.47 Å². The fourth-order valence-electron chi connectivity index (χ4n) is 10.9. The lowest BCUT2D eigenvalue weighted by Crippen LogP contribution is -2.56. The van der Waals surface area contributed by atoms with E-state index in [0.717, 1.165) is 63.9 Å². The van der Waals surface area contributed by atoms with Crippen molar-refractivity contribution in [3.63, 3.8) is 0 Å². The Kier molecular flexibility index (Phi) is 12.2. The molecule has 0 unspecified atom stereocenters. The third kappa shape index (κ3) is 8.89. The largest absolute Gasteiger partial charge is 0.486 e. The molecular formula is C66H64BN3O2. The van der Waals surface area contributed by atoms with Gasteiger partial charge in [0.15, 0.2) is 0 Å². The molecule has 0 saturated carbocycles. The standard InChI is InChI=1S/C66H64BN3O2/c1-45(71-56-19-11-9-12-20-56)47-27-35-53(36-28-47)69-60-25-17-15-23-58(60)67-59-24-16-18-26-61(59)70(54-37-29-48(30-38-54)46(2)72-57-21-13-10-14-22-57)63-44-55(43-62(69)64(63)67)68(51-39-31-49(32-40-51)65(3,4)5)52-41-33-50(34-42-52)66(6,7)8/h9-15,17-23,25-46H,16,24H2,1-8H3/t45-,46+/m0/s1. The van der Waals surface area contributed by atoms with Crippen LogP contribution in [0.2, 0.25) is 0 Å². The van der Waals surface area contributed by atoms with Crippen molar-refractivity contribution >= 4 is 63.1 Å². The third-order valence-corrected chi connectivity index (χ3v) is 14.7. The van der Waals surface area contributed by atoms with E-state index in [1.54, 1.807) is 0 Å². The normalized spacial score (nSPS) is 14.8. The van der Waals surface area contributed by atoms with Crippen molar-refractivity contribution in [2.24, 2.45) is 0 Å². The maximum atomic E-state index is 6.44. The molecule has 358 valence electrons. The minimum atomic E-state index is -0.129. The van der Waals surface area contributed by atoms with Crippen LogP contribution in [0.3, 0.4) is 0 Å². The molecule has 0 aromatic heterocycles. The van der Waals surface area contributed by atoms with Crippen LogP contribution in [0.1, 0.15) is 103 Å². The van der Waals surface area contributed by atoms with Crippen molar-refractivity contribution in [3.05, 3.63) is 240 Å². The highest BCUT2D eigenvalue weighted by atomic mass is 16.5. The summed E-state index contributed by atoms with van der Waals surface area (Å²) >= 11 is 0. The first-order valence-electron chi connectivity index (χ1n) is 25.7. The second kappa shape index (κ2) is 18.8. The Balaban J connectivity index is 1.13. The summed E-state index contributed by atoms with van der Waals surface area (Å²) in [6.07, 6.45) is 6.46. The summed E-state index contributed by atoms with van der Waals surface area (Å²) in [5.74, 6) is 1.72. The SMILES string of the molecule is C[C@H](Oc1ccccc1)c1ccc(N2c3ccccc3B3C4=C(C=CCC4)N(c4ccc([C@@H](C)Oc5ccccc5)cc4)c4cc(N(c5ccc(C(C)(C)C)cc5)c5ccc(C(C)(C)C)cc5)cc2c43)cc1. The van der Waals surface area contributed by atoms with Gasteiger partial charge in [0.1, 0.15) is 23.7 Å². The maximum absolute atomic E-state index is 6.44. The smallest absolute Gasteiger partial charge is 0.247 e. The second-order valence-corrected chi connectivity index (χ2v) is 21.7. The van der Waals surface area contributed by atoms with E-state index in [2.05, 4.69) is 216 Å². The van der Waals surface area contributed by atoms with Crippen LogP contribution in [0, 0.1) is 0 Å². The Morgan fingerprint density at radius 3 is 1.44 bits per heavy atom. The topological polar surface area (TPSA) is 28.2 Å². The van der Waals surface area contributed by atoms with E-state index in [4.69, 9.17) is 9.47 Å². The molecule has 8 aromatic carbocycles. The molecule has 2 atom stereocenters. The molecule has 0 saturated heterocycles. The Morgan fingerprint density at radius 1 is 0.486 bits per heavy atom. The molecule has 0 N–H and O–H groups in total. The molecule has 5 nitrogen and oxygen atoms in total. The average Bonchev–Trinajstić information content (AvgIpc) is 3.39. The fourth-order valence-corrected chi connectivity index (χ4v) is 10.9. The number of fused-ring (bicyclic) bond motifs is 3. The van der Waals surface area contributed by atoms with Crippen molar-refractivity contribution in [2.75, 3.05) is 14.7 Å². The molecule has 0 spiro atoms. The number of para-hydroxylation sites is 3. The van der Waals surface area contributed by atoms with Gasteiger partial charge in [-0.05, 0) is 168 Å². The molecule has 6 heteroatoms. The number of hydrogen-bond donors (Lipinski definition) is 0. The summed E-state index contributed by atoms with van der Waals surface area (Å²) in [5.41, 5.74) is 19.2. The van der Waals surface area contributed by atoms with Crippen molar-refractivity contribution in [1.82, 2.24) is 0 Å². The molecule has 3 aliphatic rings. The minimum absolute atomic E-state index is 0.0120. The number of rotatable bonds is 11. The molecule has 72 heavy (non-hydrogen) atoms. The predicted octanol–water partition coefficient (Wildman–Crippen LogP) is 16.7. The number of nitrogens with zero attached hydrogens (tertiary/aromatic N) is 3. The van der Waals surface area contributed by atoms with Crippen LogP contribution in [-0.4, -0.2) is 6.71 Å². The van der Waals surface area contributed by atoms with Crippen molar-refractivity contribution in [2.45, 2.75) is 91.3 Å². The van der Waals surface area contributed by atoms with Crippen LogP contribution in [0.5, 0.6) is 11.5 Å². The molecule has 0 bridgehead atoms. The fraction of sp³-hybridized carbons (Fsp3) is 0.212. The summed E-state index contributed by atoms with van der Waals surface area (Å²) in [5, 5.41) is 0. The molecule has 11 rings (SSSR count). The Morgan fingerprint density at radius 2 is 0.944 bits per heavy atom. The number of allylic oxidation sites excluding steroid dienone is 3. The van der Waals surface area contributed by atoms with E-state index in [0.29, 0.717) is 0 Å². The monoisotopic (exact) mass is 942 g/mol. The van der Waals surface area contributed by atoms with Crippen molar-refractivity contribution in [1.29, 1.82) is 0 Å². The van der Waals surface area contributed by atoms with Gasteiger partial charge in [-0.25, -0.2) is 0 Å². The second-order valence-electron chi connectivity index (χ2n) is 21.7. The van der Waals surface area contributed by atoms with Crippen LogP contribution in [0.4, 0.5) is 45.5 Å². The van der Waals surface area contributed by atoms with E-state index < -0.39 is 0 Å². The number of anilines is 8. The first-order chi connectivity index (χ1) is 34.8. The van der Waals surface area contributed by atoms with Gasteiger partial charge in [0, 0.05) is 45.5 Å². The lowest BCUT2D eigenvalue weighted by Gasteiger charge is -2.46. The summed E-state index contributed by atoms with van der Waals surface area (Å²) in [7, 11) is 0. The highest BCUT2D eigenvalue weighted by Crippen LogP contribution is 2.50. The zero-order chi connectivity index (χ0) is 49.7. The summed E-state index contributed by atoms with van der Waals surface area (Å²) in [6, 6.07) is 70.7. The lowest BCUT2D eigenvalue weighted by atomic mass is 9.32. The minimum Gasteiger partial charge on any atom is -0.486 e. The van der Waals surface area contributed by atoms with E-state index in [1.807, 2.05) is 60.7 Å². The molecule has 0 radical (unpaired) electrons. The molecule has 0 fully saturated rings. The zero-order valence-corrected chi connectivity index (χ0v) is 42.9. The van der Waals surface area contributed by atoms with Crippen LogP contribution >= 0.6 is 0 Å². The molecule has 2 heterocycles. The molecule has 2 aliphatic heterocycles. The van der Waals surface area contributed by atoms with E-state index >= 15 is 0 Å². The quantitative estimate of drug-likeness (QED) is 0.121. The first kappa shape index (κ1) is 46.7. The lowest BCUT2D eigenvalue weighted by molar-refractivity contribution is 0.227. The van der Waals surface area contributed by atoms with Crippen LogP contribution in [-0.2, 0) is 10.8 Å². The predicted molar refractivity (Wildman–Crippen MR) is 303 cm³/mol. The Bertz CT molecular complexity index is 3220. The van der Waals surface area contributed by atoms with E-state index in [1.165, 1.54) is 50.3 Å². The van der Waals surface area contributed by atoms with Gasteiger partial charge in [-0.15, -0.1) is 0 Å². The Labute approximate surface area is 427 Å². The van der Waals surface area contributed by atoms with Gasteiger partial charge < -0.3 is 24.2 Å². The molecule has 8 aromatic rings. The number of hydrogen-bond acceptors (Lipinski definition) is 5. The summed E-state index contributed by atoms with van der Waals surface area (Å²) in [6.45, 7) is 18.0. The molecule has 0 amide bonds. The van der Waals surface area contributed by atoms with Gasteiger partial charge in [0.2, 0.25) is 6.71 Å². The Hall–Kier alpha value is -7.70. The first-order valence-corrected chi connectivity index (χ1v) is 25.7. The van der Waals surface area contributed by atoms with Gasteiger partial charge in [0.05, 0.1) is 5.69 Å². The van der Waals surface area contributed by atoms with Gasteiger partial charge >= 0.3 is 0 Å². The summed E-state index contributed by atoms with van der Waals surface area (Å²) in [4.78, 5) is 7.51. The number of ether oxygens (including phenoxy) is 2. The van der Waals surface area contributed by atoms with Crippen molar-refractivity contribution in [3.8, 4) is 11.5 Å². The van der Waals surface area contributed by atoms with Crippen LogP contribution < -0.4 is 35.1 Å². The average molecular weight is 942 g/mol. The van der Waals surface area contributed by atoms with E-state index in [-0.39, 0.29) is 29.8 Å². The highest BCUT2D eigenvalue weighted by Gasteiger charge is 2.45.